The fourth-order valence-corrected chi connectivity index (χ4v) is 1.70. The predicted molar refractivity (Wildman–Crippen MR) is 80.1 cm³/mol. The molecule has 0 atom stereocenters. The molecule has 1 aromatic carbocycles. The molecule has 0 bridgehead atoms. The highest BCUT2D eigenvalue weighted by molar-refractivity contribution is 6.61. The van der Waals surface area contributed by atoms with Crippen molar-refractivity contribution >= 4 is 12.6 Å². The summed E-state index contributed by atoms with van der Waals surface area (Å²) in [6, 6.07) is 7.89. The smallest absolute Gasteiger partial charge is 0.493 e. The monoisotopic (exact) mass is 264 g/mol. The van der Waals surface area contributed by atoms with Crippen molar-refractivity contribution in [1.82, 2.24) is 0 Å². The van der Waals surface area contributed by atoms with E-state index in [4.69, 9.17) is 14.0 Å². The van der Waals surface area contributed by atoms with Crippen LogP contribution in [0.5, 0.6) is 5.75 Å². The van der Waals surface area contributed by atoms with Gasteiger partial charge < -0.3 is 14.0 Å². The molecular weight excluding hydrogens is 239 g/mol. The van der Waals surface area contributed by atoms with Crippen LogP contribution in [0.15, 0.2) is 24.3 Å². The summed E-state index contributed by atoms with van der Waals surface area (Å²) in [7, 11) is 1.39. The van der Waals surface area contributed by atoms with Crippen LogP contribution in [0, 0.1) is 0 Å². The first-order chi connectivity index (χ1) is 9.31. The highest BCUT2D eigenvalue weighted by Gasteiger charge is 2.21. The number of benzene rings is 1. The second-order valence-electron chi connectivity index (χ2n) is 4.56. The first kappa shape index (κ1) is 16.1. The molecule has 0 spiro atoms. The van der Waals surface area contributed by atoms with Gasteiger partial charge in [0.1, 0.15) is 5.75 Å². The summed E-state index contributed by atoms with van der Waals surface area (Å²) in [6.07, 6.45) is 4.36. The molecule has 106 valence electrons. The van der Waals surface area contributed by atoms with Gasteiger partial charge in [0, 0.05) is 13.2 Å². The van der Waals surface area contributed by atoms with Gasteiger partial charge in [0.25, 0.3) is 0 Å². The molecule has 0 saturated heterocycles. The van der Waals surface area contributed by atoms with Gasteiger partial charge >= 0.3 is 7.12 Å². The van der Waals surface area contributed by atoms with Gasteiger partial charge in [0.05, 0.1) is 7.11 Å². The molecule has 19 heavy (non-hydrogen) atoms. The van der Waals surface area contributed by atoms with E-state index in [0.29, 0.717) is 0 Å². The minimum atomic E-state index is -0.284. The second kappa shape index (κ2) is 9.87. The van der Waals surface area contributed by atoms with E-state index in [1.807, 2.05) is 24.3 Å². The Morgan fingerprint density at radius 2 is 1.63 bits per heavy atom. The van der Waals surface area contributed by atoms with E-state index in [-0.39, 0.29) is 7.12 Å². The third-order valence-corrected chi connectivity index (χ3v) is 2.90. The van der Waals surface area contributed by atoms with Crippen LogP contribution >= 0.6 is 0 Å². The van der Waals surface area contributed by atoms with Gasteiger partial charge in [0.15, 0.2) is 0 Å². The standard InChI is InChI=1S/C15H25BO3/c1-4-6-11-18-16(19-12-7-5-2)14-9-8-10-15(13-14)17-3/h8-10,13H,4-7,11-12H2,1-3H3. The fourth-order valence-electron chi connectivity index (χ4n) is 1.70. The Kier molecular flexibility index (Phi) is 8.35. The molecule has 0 aliphatic heterocycles. The van der Waals surface area contributed by atoms with Gasteiger partial charge in [-0.3, -0.25) is 0 Å². The maximum Gasteiger partial charge on any atom is 0.493 e. The van der Waals surface area contributed by atoms with Crippen LogP contribution in [0.25, 0.3) is 0 Å². The second-order valence-corrected chi connectivity index (χ2v) is 4.56. The third-order valence-electron chi connectivity index (χ3n) is 2.90. The lowest BCUT2D eigenvalue weighted by Crippen LogP contribution is -2.37. The molecule has 0 fully saturated rings. The fraction of sp³-hybridized carbons (Fsp3) is 0.600. The molecule has 1 rings (SSSR count). The van der Waals surface area contributed by atoms with Crippen LogP contribution in [0.3, 0.4) is 0 Å². The molecule has 0 heterocycles. The summed E-state index contributed by atoms with van der Waals surface area (Å²) in [5.41, 5.74) is 1.02. The van der Waals surface area contributed by atoms with Crippen LogP contribution in [-0.2, 0) is 9.31 Å². The zero-order valence-electron chi connectivity index (χ0n) is 12.4. The Hall–Kier alpha value is -0.995. The van der Waals surface area contributed by atoms with Crippen LogP contribution in [-0.4, -0.2) is 27.4 Å². The quantitative estimate of drug-likeness (QED) is 0.480. The minimum absolute atomic E-state index is 0.284. The van der Waals surface area contributed by atoms with Crippen LogP contribution in [0.1, 0.15) is 39.5 Å². The lowest BCUT2D eigenvalue weighted by molar-refractivity contribution is 0.202. The normalized spacial score (nSPS) is 10.5. The summed E-state index contributed by atoms with van der Waals surface area (Å²) in [6.45, 7) is 5.76. The first-order valence-corrected chi connectivity index (χ1v) is 7.19. The molecule has 3 nitrogen and oxygen atoms in total. The van der Waals surface area contributed by atoms with Gasteiger partial charge in [-0.25, -0.2) is 0 Å². The van der Waals surface area contributed by atoms with E-state index in [1.165, 1.54) is 0 Å². The highest BCUT2D eigenvalue weighted by atomic mass is 16.6. The third kappa shape index (κ3) is 6.12. The molecule has 0 saturated carbocycles. The molecule has 0 aromatic heterocycles. The number of rotatable bonds is 10. The zero-order valence-corrected chi connectivity index (χ0v) is 12.4. The van der Waals surface area contributed by atoms with Crippen molar-refractivity contribution < 1.29 is 14.0 Å². The highest BCUT2D eigenvalue weighted by Crippen LogP contribution is 2.08. The van der Waals surface area contributed by atoms with Crippen molar-refractivity contribution in [1.29, 1.82) is 0 Å². The molecule has 1 aromatic rings. The largest absolute Gasteiger partial charge is 0.497 e. The number of hydrogen-bond acceptors (Lipinski definition) is 3. The zero-order chi connectivity index (χ0) is 13.9. The summed E-state index contributed by atoms with van der Waals surface area (Å²) in [5, 5.41) is 0. The van der Waals surface area contributed by atoms with Crippen molar-refractivity contribution in [2.45, 2.75) is 39.5 Å². The molecule has 0 aliphatic carbocycles. The predicted octanol–water partition coefficient (Wildman–Crippen LogP) is 3.02. The number of methoxy groups -OCH3 is 1. The van der Waals surface area contributed by atoms with E-state index in [1.54, 1.807) is 7.11 Å². The molecule has 0 aliphatic rings. The average molecular weight is 264 g/mol. The van der Waals surface area contributed by atoms with E-state index in [2.05, 4.69) is 13.8 Å². The van der Waals surface area contributed by atoms with Gasteiger partial charge in [-0.15, -0.1) is 0 Å². The van der Waals surface area contributed by atoms with Gasteiger partial charge in [0.2, 0.25) is 0 Å². The Labute approximate surface area is 117 Å². The maximum atomic E-state index is 5.84. The van der Waals surface area contributed by atoms with Crippen molar-refractivity contribution in [3.63, 3.8) is 0 Å². The number of unbranched alkanes of at least 4 members (excludes halogenated alkanes) is 2. The number of ether oxygens (including phenoxy) is 1. The van der Waals surface area contributed by atoms with Crippen LogP contribution < -0.4 is 10.2 Å². The first-order valence-electron chi connectivity index (χ1n) is 7.19. The SMILES string of the molecule is CCCCOB(OCCCC)c1cccc(OC)c1. The lowest BCUT2D eigenvalue weighted by atomic mass is 9.78. The summed E-state index contributed by atoms with van der Waals surface area (Å²) >= 11 is 0. The van der Waals surface area contributed by atoms with Crippen LogP contribution in [0.2, 0.25) is 0 Å². The maximum absolute atomic E-state index is 5.84. The van der Waals surface area contributed by atoms with Crippen molar-refractivity contribution in [2.24, 2.45) is 0 Å². The Bertz CT molecular complexity index is 334. The van der Waals surface area contributed by atoms with Gasteiger partial charge in [-0.05, 0) is 30.4 Å². The Morgan fingerprint density at radius 3 is 2.16 bits per heavy atom. The summed E-state index contributed by atoms with van der Waals surface area (Å²) in [5.74, 6) is 0.834. The van der Waals surface area contributed by atoms with E-state index >= 15 is 0 Å². The topological polar surface area (TPSA) is 27.7 Å². The molecule has 0 radical (unpaired) electrons. The molecule has 0 N–H and O–H groups in total. The summed E-state index contributed by atoms with van der Waals surface area (Å²) in [4.78, 5) is 0. The molecule has 0 unspecified atom stereocenters. The van der Waals surface area contributed by atoms with Crippen molar-refractivity contribution in [3.8, 4) is 5.75 Å². The van der Waals surface area contributed by atoms with E-state index < -0.39 is 0 Å². The van der Waals surface area contributed by atoms with Crippen molar-refractivity contribution in [2.75, 3.05) is 20.3 Å². The van der Waals surface area contributed by atoms with E-state index in [0.717, 1.165) is 50.1 Å². The van der Waals surface area contributed by atoms with E-state index in [9.17, 15) is 0 Å². The van der Waals surface area contributed by atoms with Crippen LogP contribution in [0.4, 0.5) is 0 Å². The Balaban J connectivity index is 2.63. The van der Waals surface area contributed by atoms with Gasteiger partial charge in [-0.2, -0.15) is 0 Å². The molecular formula is C15H25BO3. The Morgan fingerprint density at radius 1 is 1.00 bits per heavy atom. The summed E-state index contributed by atoms with van der Waals surface area (Å²) < 4.78 is 16.9. The van der Waals surface area contributed by atoms with Crippen molar-refractivity contribution in [3.05, 3.63) is 24.3 Å². The van der Waals surface area contributed by atoms with Gasteiger partial charge in [-0.1, -0.05) is 38.8 Å². The average Bonchev–Trinajstić information content (AvgIpc) is 2.46. The number of hydrogen-bond donors (Lipinski definition) is 0. The minimum Gasteiger partial charge on any atom is -0.497 e. The molecule has 0 amide bonds. The molecule has 4 heteroatoms. The lowest BCUT2D eigenvalue weighted by Gasteiger charge is -2.15.